The van der Waals surface area contributed by atoms with Crippen LogP contribution in [-0.2, 0) is 10.0 Å². The van der Waals surface area contributed by atoms with Crippen molar-refractivity contribution in [3.8, 4) is 0 Å². The summed E-state index contributed by atoms with van der Waals surface area (Å²) in [5.74, 6) is 0. The average molecular weight is 321 g/mol. The van der Waals surface area contributed by atoms with Crippen LogP contribution in [0.2, 0.25) is 5.02 Å². The Morgan fingerprint density at radius 3 is 2.35 bits per heavy atom. The van der Waals surface area contributed by atoms with Crippen molar-refractivity contribution in [1.82, 2.24) is 4.72 Å². The molecule has 0 radical (unpaired) electrons. The Kier molecular flexibility index (Phi) is 4.78. The van der Waals surface area contributed by atoms with Crippen LogP contribution in [-0.4, -0.2) is 19.4 Å². The van der Waals surface area contributed by atoms with Gasteiger partial charge >= 0.3 is 0 Å². The summed E-state index contributed by atoms with van der Waals surface area (Å²) in [5, 5.41) is 10.7. The van der Waals surface area contributed by atoms with E-state index in [1.165, 1.54) is 12.1 Å². The summed E-state index contributed by atoms with van der Waals surface area (Å²) in [7, 11) is -3.83. The Morgan fingerprint density at radius 1 is 1.35 bits per heavy atom. The Morgan fingerprint density at radius 2 is 1.90 bits per heavy atom. The molecule has 0 saturated carbocycles. The van der Waals surface area contributed by atoms with Crippen molar-refractivity contribution in [2.24, 2.45) is 5.41 Å². The highest BCUT2D eigenvalue weighted by atomic mass is 35.5. The third-order valence-corrected chi connectivity index (χ3v) is 4.91. The maximum atomic E-state index is 12.2. The molecule has 112 valence electrons. The number of nitro benzene ring substituents is 1. The number of halogens is 1. The topological polar surface area (TPSA) is 89.3 Å². The number of nitrogens with one attached hydrogen (secondary N) is 1. The van der Waals surface area contributed by atoms with Crippen molar-refractivity contribution < 1.29 is 13.3 Å². The Hall–Kier alpha value is -1.18. The molecule has 0 saturated heterocycles. The molecule has 0 bridgehead atoms. The normalized spacial score (nSPS) is 14.1. The minimum absolute atomic E-state index is 0.0992. The molecule has 0 aromatic heterocycles. The van der Waals surface area contributed by atoms with Gasteiger partial charge in [0.05, 0.1) is 9.82 Å². The Balaban J connectivity index is 3.17. The highest BCUT2D eigenvalue weighted by Crippen LogP contribution is 2.28. The second-order valence-corrected chi connectivity index (χ2v) is 7.70. The summed E-state index contributed by atoms with van der Waals surface area (Å²) in [5.41, 5.74) is -0.705. The quantitative estimate of drug-likeness (QED) is 0.682. The lowest BCUT2D eigenvalue weighted by molar-refractivity contribution is -0.384. The molecule has 1 unspecified atom stereocenters. The summed E-state index contributed by atoms with van der Waals surface area (Å²) in [6.07, 6.45) is 0. The average Bonchev–Trinajstić information content (AvgIpc) is 2.26. The molecular formula is C12H17ClN2O4S. The van der Waals surface area contributed by atoms with E-state index in [1.807, 2.05) is 20.8 Å². The summed E-state index contributed by atoms with van der Waals surface area (Å²) in [6.45, 7) is 7.42. The van der Waals surface area contributed by atoms with Gasteiger partial charge in [0.2, 0.25) is 10.0 Å². The molecule has 0 amide bonds. The maximum absolute atomic E-state index is 12.2. The molecule has 1 atom stereocenters. The molecule has 1 N–H and O–H groups in total. The van der Waals surface area contributed by atoms with Crippen molar-refractivity contribution in [3.63, 3.8) is 0 Å². The first-order valence-corrected chi connectivity index (χ1v) is 7.77. The van der Waals surface area contributed by atoms with Crippen LogP contribution >= 0.6 is 11.6 Å². The first-order valence-electron chi connectivity index (χ1n) is 5.91. The summed E-state index contributed by atoms with van der Waals surface area (Å²) in [4.78, 5) is 9.90. The number of rotatable bonds is 4. The van der Waals surface area contributed by atoms with Crippen molar-refractivity contribution in [2.45, 2.75) is 38.6 Å². The monoisotopic (exact) mass is 320 g/mol. The van der Waals surface area contributed by atoms with E-state index in [4.69, 9.17) is 11.6 Å². The number of nitrogens with zero attached hydrogens (tertiary/aromatic N) is 1. The third-order valence-electron chi connectivity index (χ3n) is 3.06. The van der Waals surface area contributed by atoms with E-state index in [0.29, 0.717) is 0 Å². The van der Waals surface area contributed by atoms with E-state index in [9.17, 15) is 18.5 Å². The zero-order chi connectivity index (χ0) is 15.7. The van der Waals surface area contributed by atoms with Gasteiger partial charge in [-0.2, -0.15) is 0 Å². The SMILES string of the molecule is CC(NS(=O)(=O)c1ccc(Cl)c([N+](=O)[O-])c1)C(C)(C)C. The molecule has 0 aliphatic heterocycles. The fraction of sp³-hybridized carbons (Fsp3) is 0.500. The van der Waals surface area contributed by atoms with Crippen LogP contribution in [0.15, 0.2) is 23.1 Å². The van der Waals surface area contributed by atoms with Crippen LogP contribution in [0.1, 0.15) is 27.7 Å². The van der Waals surface area contributed by atoms with Gasteiger partial charge in [0.1, 0.15) is 5.02 Å². The second kappa shape index (κ2) is 5.67. The summed E-state index contributed by atoms with van der Waals surface area (Å²) in [6, 6.07) is 3.07. The van der Waals surface area contributed by atoms with Crippen molar-refractivity contribution in [3.05, 3.63) is 33.3 Å². The zero-order valence-corrected chi connectivity index (χ0v) is 13.2. The first-order chi connectivity index (χ1) is 8.95. The molecule has 0 aliphatic carbocycles. The van der Waals surface area contributed by atoms with Crippen LogP contribution in [0.3, 0.4) is 0 Å². The number of nitro groups is 1. The maximum Gasteiger partial charge on any atom is 0.289 e. The van der Waals surface area contributed by atoms with Gasteiger partial charge in [0.25, 0.3) is 5.69 Å². The van der Waals surface area contributed by atoms with Crippen LogP contribution in [0.4, 0.5) is 5.69 Å². The third kappa shape index (κ3) is 3.91. The van der Waals surface area contributed by atoms with Crippen LogP contribution in [0, 0.1) is 15.5 Å². The van der Waals surface area contributed by atoms with E-state index in [0.717, 1.165) is 6.07 Å². The van der Waals surface area contributed by atoms with Gasteiger partial charge in [-0.05, 0) is 24.5 Å². The molecule has 1 aromatic carbocycles. The second-order valence-electron chi connectivity index (χ2n) is 5.58. The standard InChI is InChI=1S/C12H17ClN2O4S/c1-8(12(2,3)4)14-20(18,19)9-5-6-10(13)11(7-9)15(16)17/h5-8,14H,1-4H3. The number of benzene rings is 1. The smallest absolute Gasteiger partial charge is 0.258 e. The van der Waals surface area contributed by atoms with E-state index < -0.39 is 20.6 Å². The van der Waals surface area contributed by atoms with Gasteiger partial charge in [0, 0.05) is 12.1 Å². The molecule has 0 heterocycles. The number of hydrogen-bond donors (Lipinski definition) is 1. The highest BCUT2D eigenvalue weighted by molar-refractivity contribution is 7.89. The largest absolute Gasteiger partial charge is 0.289 e. The molecule has 1 aromatic rings. The fourth-order valence-corrected chi connectivity index (χ4v) is 2.93. The predicted molar refractivity (Wildman–Crippen MR) is 77.3 cm³/mol. The van der Waals surface area contributed by atoms with E-state index in [-0.39, 0.29) is 21.4 Å². The summed E-state index contributed by atoms with van der Waals surface area (Å²) < 4.78 is 26.9. The lowest BCUT2D eigenvalue weighted by Crippen LogP contribution is -2.41. The van der Waals surface area contributed by atoms with Gasteiger partial charge in [-0.25, -0.2) is 13.1 Å². The minimum Gasteiger partial charge on any atom is -0.258 e. The predicted octanol–water partition coefficient (Wildman–Crippen LogP) is 2.96. The van der Waals surface area contributed by atoms with Crippen LogP contribution < -0.4 is 4.72 Å². The van der Waals surface area contributed by atoms with E-state index in [2.05, 4.69) is 4.72 Å². The van der Waals surface area contributed by atoms with E-state index in [1.54, 1.807) is 6.92 Å². The lowest BCUT2D eigenvalue weighted by Gasteiger charge is -2.27. The molecule has 6 nitrogen and oxygen atoms in total. The van der Waals surface area contributed by atoms with Gasteiger partial charge < -0.3 is 0 Å². The van der Waals surface area contributed by atoms with Crippen molar-refractivity contribution in [2.75, 3.05) is 0 Å². The summed E-state index contributed by atoms with van der Waals surface area (Å²) >= 11 is 5.66. The van der Waals surface area contributed by atoms with E-state index >= 15 is 0 Å². The zero-order valence-electron chi connectivity index (χ0n) is 11.7. The Bertz CT molecular complexity index is 623. The molecule has 0 spiro atoms. The minimum atomic E-state index is -3.83. The van der Waals surface area contributed by atoms with Crippen molar-refractivity contribution in [1.29, 1.82) is 0 Å². The van der Waals surface area contributed by atoms with Gasteiger partial charge in [-0.15, -0.1) is 0 Å². The lowest BCUT2D eigenvalue weighted by atomic mass is 9.89. The fourth-order valence-electron chi connectivity index (χ4n) is 1.28. The number of hydrogen-bond acceptors (Lipinski definition) is 4. The van der Waals surface area contributed by atoms with Crippen LogP contribution in [0.25, 0.3) is 0 Å². The molecule has 0 aliphatic rings. The first kappa shape index (κ1) is 16.9. The van der Waals surface area contributed by atoms with Gasteiger partial charge in [-0.3, -0.25) is 10.1 Å². The molecule has 0 fully saturated rings. The molecule has 8 heteroatoms. The van der Waals surface area contributed by atoms with Gasteiger partial charge in [-0.1, -0.05) is 32.4 Å². The highest BCUT2D eigenvalue weighted by Gasteiger charge is 2.27. The molecule has 20 heavy (non-hydrogen) atoms. The molecular weight excluding hydrogens is 304 g/mol. The van der Waals surface area contributed by atoms with Crippen LogP contribution in [0.5, 0.6) is 0 Å². The molecule has 1 rings (SSSR count). The Labute approximate surface area is 123 Å². The van der Waals surface area contributed by atoms with Gasteiger partial charge in [0.15, 0.2) is 0 Å². The van der Waals surface area contributed by atoms with Crippen molar-refractivity contribution >= 4 is 27.3 Å². The number of sulfonamides is 1.